The second-order valence-corrected chi connectivity index (χ2v) is 10.4. The number of carbonyl (C=O) groups is 4. The summed E-state index contributed by atoms with van der Waals surface area (Å²) in [4.78, 5) is 59.9. The largest absolute Gasteiger partial charge is 0.481 e. The van der Waals surface area contributed by atoms with Crippen molar-refractivity contribution in [3.05, 3.63) is 29.8 Å². The van der Waals surface area contributed by atoms with Crippen molar-refractivity contribution < 1.29 is 33.8 Å². The fourth-order valence-corrected chi connectivity index (χ4v) is 5.21. The monoisotopic (exact) mass is 558 g/mol. The van der Waals surface area contributed by atoms with E-state index in [0.29, 0.717) is 75.8 Å². The van der Waals surface area contributed by atoms with Crippen LogP contribution in [-0.4, -0.2) is 121 Å². The molecule has 0 aliphatic carbocycles. The normalized spacial score (nSPS) is 24.8. The highest BCUT2D eigenvalue weighted by atomic mass is 16.6. The fraction of sp³-hybridized carbons (Fsp3) is 0.593. The lowest BCUT2D eigenvalue weighted by molar-refractivity contribution is -0.145. The lowest BCUT2D eigenvalue weighted by atomic mass is 9.95. The van der Waals surface area contributed by atoms with Crippen molar-refractivity contribution in [2.45, 2.75) is 38.5 Å². The minimum Gasteiger partial charge on any atom is -0.481 e. The summed E-state index contributed by atoms with van der Waals surface area (Å²) >= 11 is 0. The molecule has 3 N–H and O–H groups in total. The van der Waals surface area contributed by atoms with Gasteiger partial charge in [-0.25, -0.2) is 9.79 Å². The summed E-state index contributed by atoms with van der Waals surface area (Å²) in [5.41, 5.74) is 7.58. The maximum Gasteiger partial charge on any atom is 0.414 e. The van der Waals surface area contributed by atoms with Crippen LogP contribution in [0.25, 0.3) is 0 Å². The van der Waals surface area contributed by atoms with Crippen LogP contribution in [0.5, 0.6) is 0 Å². The van der Waals surface area contributed by atoms with Crippen LogP contribution in [0.15, 0.2) is 29.3 Å². The van der Waals surface area contributed by atoms with E-state index in [9.17, 15) is 24.3 Å². The number of carbonyl (C=O) groups excluding carboxylic acids is 3. The molecule has 0 spiro atoms. The van der Waals surface area contributed by atoms with E-state index >= 15 is 0 Å². The van der Waals surface area contributed by atoms with E-state index in [-0.39, 0.29) is 37.1 Å². The Balaban J connectivity index is 1.29. The molecule has 1 aromatic carbocycles. The van der Waals surface area contributed by atoms with Crippen molar-refractivity contribution in [3.63, 3.8) is 0 Å². The minimum atomic E-state index is -0.813. The summed E-state index contributed by atoms with van der Waals surface area (Å²) < 4.78 is 10.5. The Kier molecular flexibility index (Phi) is 9.58. The topological polar surface area (TPSA) is 158 Å². The molecular formula is C27H38N6O7. The molecule has 0 radical (unpaired) electrons. The number of hydrogen-bond acceptors (Lipinski definition) is 9. The molecule has 3 fully saturated rings. The van der Waals surface area contributed by atoms with Gasteiger partial charge in [0.1, 0.15) is 18.1 Å². The molecule has 1 aromatic rings. The van der Waals surface area contributed by atoms with Gasteiger partial charge in [-0.3, -0.25) is 29.1 Å². The Morgan fingerprint density at radius 2 is 1.93 bits per heavy atom. The highest BCUT2D eigenvalue weighted by Crippen LogP contribution is 2.25. The number of hydrogen-bond donors (Lipinski definition) is 2. The molecule has 0 aromatic heterocycles. The van der Waals surface area contributed by atoms with Gasteiger partial charge in [-0.2, -0.15) is 0 Å². The molecule has 40 heavy (non-hydrogen) atoms. The lowest BCUT2D eigenvalue weighted by Gasteiger charge is -2.34. The van der Waals surface area contributed by atoms with Crippen molar-refractivity contribution in [1.82, 2.24) is 14.7 Å². The number of benzene rings is 1. The van der Waals surface area contributed by atoms with E-state index in [0.717, 1.165) is 0 Å². The number of carboxylic acid groups (broad SMARTS) is 1. The Hall–Kier alpha value is -3.71. The predicted octanol–water partition coefficient (Wildman–Crippen LogP) is 0.567. The van der Waals surface area contributed by atoms with Gasteiger partial charge in [0.15, 0.2) is 0 Å². The van der Waals surface area contributed by atoms with E-state index in [4.69, 9.17) is 15.2 Å². The van der Waals surface area contributed by atoms with Crippen LogP contribution in [0, 0.1) is 5.92 Å². The Labute approximate surface area is 233 Å². The highest BCUT2D eigenvalue weighted by Gasteiger charge is 2.35. The molecule has 0 saturated carbocycles. The third kappa shape index (κ3) is 7.27. The van der Waals surface area contributed by atoms with Crippen LogP contribution in [0.2, 0.25) is 0 Å². The van der Waals surface area contributed by atoms with E-state index in [1.807, 2.05) is 16.8 Å². The van der Waals surface area contributed by atoms with Gasteiger partial charge in [0.25, 0.3) is 0 Å². The summed E-state index contributed by atoms with van der Waals surface area (Å²) in [7, 11) is 1.90. The number of esters is 1. The summed E-state index contributed by atoms with van der Waals surface area (Å²) in [6.45, 7) is 5.15. The molecule has 3 aliphatic rings. The zero-order valence-electron chi connectivity index (χ0n) is 23.0. The molecule has 0 bridgehead atoms. The molecule has 218 valence electrons. The smallest absolute Gasteiger partial charge is 0.414 e. The van der Waals surface area contributed by atoms with Crippen molar-refractivity contribution >= 4 is 35.5 Å². The molecule has 13 heteroatoms. The van der Waals surface area contributed by atoms with Gasteiger partial charge in [0, 0.05) is 44.0 Å². The number of amides is 2. The molecule has 3 atom stereocenters. The third-order valence-corrected chi connectivity index (χ3v) is 7.57. The van der Waals surface area contributed by atoms with Crippen molar-refractivity contribution in [2.24, 2.45) is 16.6 Å². The first kappa shape index (κ1) is 29.3. The van der Waals surface area contributed by atoms with Gasteiger partial charge in [0.05, 0.1) is 32.0 Å². The number of piperazine rings is 1. The summed E-state index contributed by atoms with van der Waals surface area (Å²) in [5.74, 6) is -1.32. The first-order chi connectivity index (χ1) is 19.1. The Morgan fingerprint density at radius 3 is 2.60 bits per heavy atom. The predicted molar refractivity (Wildman–Crippen MR) is 146 cm³/mol. The maximum atomic E-state index is 12.6. The van der Waals surface area contributed by atoms with Crippen LogP contribution < -0.4 is 10.6 Å². The SMILES string of the molecule is CCOC(=O)CCN1CCN(CC2CN(c3ccc(C(N)=NC4CC(C(=O)O)CCN4C)cc3)C(=O)O2)CC1=O. The van der Waals surface area contributed by atoms with E-state index < -0.39 is 18.0 Å². The molecule has 3 heterocycles. The van der Waals surface area contributed by atoms with Crippen LogP contribution in [-0.2, 0) is 23.9 Å². The summed E-state index contributed by atoms with van der Waals surface area (Å²) in [6, 6.07) is 7.11. The fourth-order valence-electron chi connectivity index (χ4n) is 5.21. The van der Waals surface area contributed by atoms with E-state index in [1.54, 1.807) is 41.0 Å². The number of anilines is 1. The number of aliphatic carboxylic acids is 1. The zero-order chi connectivity index (χ0) is 28.8. The summed E-state index contributed by atoms with van der Waals surface area (Å²) in [6.07, 6.45) is 0.00995. The second-order valence-electron chi connectivity index (χ2n) is 10.4. The van der Waals surface area contributed by atoms with Gasteiger partial charge >= 0.3 is 18.0 Å². The van der Waals surface area contributed by atoms with Crippen molar-refractivity contribution in [2.75, 3.05) is 64.4 Å². The highest BCUT2D eigenvalue weighted by molar-refractivity contribution is 5.98. The van der Waals surface area contributed by atoms with Gasteiger partial charge in [-0.1, -0.05) is 0 Å². The average Bonchev–Trinajstić information content (AvgIpc) is 3.29. The number of piperidine rings is 1. The molecule has 4 rings (SSSR count). The zero-order valence-corrected chi connectivity index (χ0v) is 23.0. The number of cyclic esters (lactones) is 1. The van der Waals surface area contributed by atoms with Crippen LogP contribution >= 0.6 is 0 Å². The van der Waals surface area contributed by atoms with Gasteiger partial charge < -0.3 is 25.2 Å². The van der Waals surface area contributed by atoms with E-state index in [2.05, 4.69) is 4.99 Å². The number of nitrogens with zero attached hydrogens (tertiary/aromatic N) is 5. The number of carboxylic acids is 1. The van der Waals surface area contributed by atoms with Crippen molar-refractivity contribution in [3.8, 4) is 0 Å². The number of rotatable bonds is 10. The lowest BCUT2D eigenvalue weighted by Crippen LogP contribution is -2.52. The first-order valence-corrected chi connectivity index (χ1v) is 13.6. The number of ether oxygens (including phenoxy) is 2. The molecule has 3 saturated heterocycles. The molecular weight excluding hydrogens is 520 g/mol. The van der Waals surface area contributed by atoms with Gasteiger partial charge in [-0.15, -0.1) is 0 Å². The molecule has 2 amide bonds. The second kappa shape index (κ2) is 13.1. The Morgan fingerprint density at radius 1 is 1.18 bits per heavy atom. The first-order valence-electron chi connectivity index (χ1n) is 13.6. The number of likely N-dealkylation sites (tertiary alicyclic amines) is 1. The van der Waals surface area contributed by atoms with Crippen molar-refractivity contribution in [1.29, 1.82) is 0 Å². The number of aliphatic imine (C=N–C) groups is 1. The van der Waals surface area contributed by atoms with Crippen LogP contribution in [0.4, 0.5) is 10.5 Å². The van der Waals surface area contributed by atoms with Crippen LogP contribution in [0.3, 0.4) is 0 Å². The quantitative estimate of drug-likeness (QED) is 0.236. The molecule has 3 aliphatic heterocycles. The minimum absolute atomic E-state index is 0.0653. The number of nitrogens with two attached hydrogens (primary N) is 1. The average molecular weight is 559 g/mol. The third-order valence-electron chi connectivity index (χ3n) is 7.57. The van der Waals surface area contributed by atoms with E-state index in [1.165, 1.54) is 0 Å². The molecule has 3 unspecified atom stereocenters. The molecule has 13 nitrogen and oxygen atoms in total. The van der Waals surface area contributed by atoms with Gasteiger partial charge in [0.2, 0.25) is 5.91 Å². The summed E-state index contributed by atoms with van der Waals surface area (Å²) in [5, 5.41) is 9.36. The Bertz CT molecular complexity index is 1130. The van der Waals surface area contributed by atoms with Gasteiger partial charge in [-0.05, 0) is 51.1 Å². The number of amidine groups is 1. The maximum absolute atomic E-state index is 12.6. The van der Waals surface area contributed by atoms with Crippen LogP contribution in [0.1, 0.15) is 31.7 Å². The standard InChI is InChI=1S/C27H38N6O7/c1-3-39-24(35)9-11-32-13-12-31(17-23(32)34)15-21-16-33(27(38)40-21)20-6-4-18(5-7-20)25(28)29-22-14-19(26(36)37)8-10-30(22)2/h4-7,19,21-22H,3,8-17H2,1-2H3,(H2,28,29)(H,36,37).